The minimum absolute atomic E-state index is 0.0449. The van der Waals surface area contributed by atoms with Crippen molar-refractivity contribution in [1.82, 2.24) is 5.32 Å². The lowest BCUT2D eigenvalue weighted by atomic mass is 9.87. The van der Waals surface area contributed by atoms with E-state index in [-0.39, 0.29) is 11.9 Å². The number of anilines is 1. The smallest absolute Gasteiger partial charge is 0.249 e. The van der Waals surface area contributed by atoms with Crippen LogP contribution in [0.3, 0.4) is 0 Å². The summed E-state index contributed by atoms with van der Waals surface area (Å²) in [4.78, 5) is 12.0. The van der Waals surface area contributed by atoms with Gasteiger partial charge in [-0.25, -0.2) is 0 Å². The molecule has 19 heavy (non-hydrogen) atoms. The number of hydrogen-bond acceptors (Lipinski definition) is 3. The summed E-state index contributed by atoms with van der Waals surface area (Å²) in [6, 6.07) is 6.02. The summed E-state index contributed by atoms with van der Waals surface area (Å²) in [5, 5.41) is 3.07. The predicted molar refractivity (Wildman–Crippen MR) is 75.8 cm³/mol. The van der Waals surface area contributed by atoms with Crippen LogP contribution in [0.15, 0.2) is 18.2 Å². The number of nitrogen functional groups attached to an aromatic ring is 1. The molecule has 0 bridgehead atoms. The monoisotopic (exact) mass is 262 g/mol. The van der Waals surface area contributed by atoms with Crippen LogP contribution in [-0.4, -0.2) is 18.6 Å². The maximum absolute atomic E-state index is 12.0. The number of benzene rings is 1. The van der Waals surface area contributed by atoms with Gasteiger partial charge in [0, 0.05) is 12.3 Å². The Bertz CT molecular complexity index is 459. The van der Waals surface area contributed by atoms with Crippen LogP contribution >= 0.6 is 0 Å². The molecule has 1 aromatic rings. The van der Waals surface area contributed by atoms with Gasteiger partial charge in [0.05, 0.1) is 6.04 Å². The molecule has 1 aliphatic rings. The summed E-state index contributed by atoms with van der Waals surface area (Å²) < 4.78 is 5.32. The van der Waals surface area contributed by atoms with Crippen molar-refractivity contribution in [3.05, 3.63) is 29.3 Å². The Labute approximate surface area is 114 Å². The highest BCUT2D eigenvalue weighted by atomic mass is 16.5. The van der Waals surface area contributed by atoms with Crippen molar-refractivity contribution in [2.45, 2.75) is 45.3 Å². The molecule has 0 aromatic heterocycles. The molecule has 1 aliphatic carbocycles. The van der Waals surface area contributed by atoms with E-state index in [0.29, 0.717) is 6.61 Å². The minimum atomic E-state index is -0.399. The molecular weight excluding hydrogens is 240 g/mol. The standard InChI is InChI=1S/C15H22N2O2/c1-3-19-10(2)15(18)17-14-6-4-5-11-9-12(16)7-8-13(11)14/h7-10,14H,3-6,16H2,1-2H3,(H,17,18). The first-order chi connectivity index (χ1) is 9.11. The molecule has 2 rings (SSSR count). The van der Waals surface area contributed by atoms with Gasteiger partial charge < -0.3 is 15.8 Å². The normalized spacial score (nSPS) is 19.6. The predicted octanol–water partition coefficient (Wildman–Crippen LogP) is 2.19. The number of fused-ring (bicyclic) bond motifs is 1. The Morgan fingerprint density at radius 3 is 3.11 bits per heavy atom. The topological polar surface area (TPSA) is 64.3 Å². The minimum Gasteiger partial charge on any atom is -0.399 e. The maximum atomic E-state index is 12.0. The van der Waals surface area contributed by atoms with Crippen LogP contribution in [0, 0.1) is 0 Å². The van der Waals surface area contributed by atoms with Gasteiger partial charge in [-0.05, 0) is 56.4 Å². The summed E-state index contributed by atoms with van der Waals surface area (Å²) in [5.74, 6) is -0.0449. The fraction of sp³-hybridized carbons (Fsp3) is 0.533. The number of nitrogens with two attached hydrogens (primary N) is 1. The fourth-order valence-electron chi connectivity index (χ4n) is 2.60. The average molecular weight is 262 g/mol. The second-order valence-corrected chi connectivity index (χ2v) is 5.01. The molecule has 4 heteroatoms. The number of ether oxygens (including phenoxy) is 1. The highest BCUT2D eigenvalue weighted by Gasteiger charge is 2.23. The highest BCUT2D eigenvalue weighted by Crippen LogP contribution is 2.31. The Morgan fingerprint density at radius 2 is 2.37 bits per heavy atom. The van der Waals surface area contributed by atoms with E-state index in [2.05, 4.69) is 5.32 Å². The van der Waals surface area contributed by atoms with Gasteiger partial charge in [-0.15, -0.1) is 0 Å². The van der Waals surface area contributed by atoms with E-state index in [1.54, 1.807) is 6.92 Å². The summed E-state index contributed by atoms with van der Waals surface area (Å²) in [7, 11) is 0. The van der Waals surface area contributed by atoms with E-state index in [9.17, 15) is 4.79 Å². The summed E-state index contributed by atoms with van der Waals surface area (Å²) >= 11 is 0. The highest BCUT2D eigenvalue weighted by molar-refractivity contribution is 5.80. The maximum Gasteiger partial charge on any atom is 0.249 e. The molecule has 0 aliphatic heterocycles. The zero-order valence-corrected chi connectivity index (χ0v) is 11.6. The molecule has 0 fully saturated rings. The fourth-order valence-corrected chi connectivity index (χ4v) is 2.60. The third-order valence-electron chi connectivity index (χ3n) is 3.58. The van der Waals surface area contributed by atoms with Crippen LogP contribution in [0.2, 0.25) is 0 Å². The Kier molecular flexibility index (Phi) is 4.43. The molecule has 3 N–H and O–H groups in total. The molecule has 2 atom stereocenters. The van der Waals surface area contributed by atoms with Crippen molar-refractivity contribution in [2.24, 2.45) is 0 Å². The molecule has 104 valence electrons. The summed E-state index contributed by atoms with van der Waals surface area (Å²) in [5.41, 5.74) is 9.04. The lowest BCUT2D eigenvalue weighted by Crippen LogP contribution is -2.38. The van der Waals surface area contributed by atoms with E-state index in [1.165, 1.54) is 11.1 Å². The van der Waals surface area contributed by atoms with Crippen molar-refractivity contribution >= 4 is 11.6 Å². The van der Waals surface area contributed by atoms with Gasteiger partial charge in [0.2, 0.25) is 5.91 Å². The first-order valence-electron chi connectivity index (χ1n) is 6.92. The van der Waals surface area contributed by atoms with Gasteiger partial charge in [0.25, 0.3) is 0 Å². The van der Waals surface area contributed by atoms with Crippen LogP contribution in [0.1, 0.15) is 43.9 Å². The lowest BCUT2D eigenvalue weighted by molar-refractivity contribution is -0.132. The number of hydrogen-bond donors (Lipinski definition) is 2. The number of amides is 1. The van der Waals surface area contributed by atoms with Crippen molar-refractivity contribution in [1.29, 1.82) is 0 Å². The van der Waals surface area contributed by atoms with E-state index < -0.39 is 6.10 Å². The summed E-state index contributed by atoms with van der Waals surface area (Å²) in [6.45, 7) is 4.22. The SMILES string of the molecule is CCOC(C)C(=O)NC1CCCc2cc(N)ccc21. The first-order valence-corrected chi connectivity index (χ1v) is 6.92. The zero-order valence-electron chi connectivity index (χ0n) is 11.6. The van der Waals surface area contributed by atoms with Crippen molar-refractivity contribution in [3.63, 3.8) is 0 Å². The number of nitrogens with one attached hydrogen (secondary N) is 1. The molecular formula is C15H22N2O2. The largest absolute Gasteiger partial charge is 0.399 e. The molecule has 1 amide bonds. The molecule has 1 aromatic carbocycles. The van der Waals surface area contributed by atoms with Gasteiger partial charge in [-0.3, -0.25) is 4.79 Å². The molecule has 2 unspecified atom stereocenters. The van der Waals surface area contributed by atoms with Crippen LogP contribution in [0.5, 0.6) is 0 Å². The van der Waals surface area contributed by atoms with Crippen molar-refractivity contribution in [2.75, 3.05) is 12.3 Å². The van der Waals surface area contributed by atoms with Crippen LogP contribution in [0.25, 0.3) is 0 Å². The molecule has 0 saturated carbocycles. The van der Waals surface area contributed by atoms with E-state index in [0.717, 1.165) is 24.9 Å². The first kappa shape index (κ1) is 13.9. The zero-order chi connectivity index (χ0) is 13.8. The number of rotatable bonds is 4. The second-order valence-electron chi connectivity index (χ2n) is 5.01. The van der Waals surface area contributed by atoms with Gasteiger partial charge in [-0.1, -0.05) is 6.07 Å². The van der Waals surface area contributed by atoms with Crippen molar-refractivity contribution in [3.8, 4) is 0 Å². The molecule has 0 heterocycles. The third kappa shape index (κ3) is 3.26. The average Bonchev–Trinajstić information content (AvgIpc) is 2.38. The van der Waals surface area contributed by atoms with Crippen LogP contribution in [0.4, 0.5) is 5.69 Å². The molecule has 0 radical (unpaired) electrons. The van der Waals surface area contributed by atoms with Gasteiger partial charge in [0.1, 0.15) is 6.10 Å². The van der Waals surface area contributed by atoms with E-state index in [4.69, 9.17) is 10.5 Å². The molecule has 4 nitrogen and oxygen atoms in total. The van der Waals surface area contributed by atoms with E-state index in [1.807, 2.05) is 25.1 Å². The van der Waals surface area contributed by atoms with Gasteiger partial charge in [0.15, 0.2) is 0 Å². The number of aryl methyl sites for hydroxylation is 1. The lowest BCUT2D eigenvalue weighted by Gasteiger charge is -2.27. The van der Waals surface area contributed by atoms with Crippen molar-refractivity contribution < 1.29 is 9.53 Å². The number of carbonyl (C=O) groups excluding carboxylic acids is 1. The van der Waals surface area contributed by atoms with Crippen LogP contribution < -0.4 is 11.1 Å². The third-order valence-corrected chi connectivity index (χ3v) is 3.58. The van der Waals surface area contributed by atoms with Crippen LogP contribution in [-0.2, 0) is 16.0 Å². The Balaban J connectivity index is 2.09. The van der Waals surface area contributed by atoms with E-state index >= 15 is 0 Å². The van der Waals surface area contributed by atoms with Gasteiger partial charge >= 0.3 is 0 Å². The Morgan fingerprint density at radius 1 is 1.58 bits per heavy atom. The molecule has 0 spiro atoms. The quantitative estimate of drug-likeness (QED) is 0.817. The Hall–Kier alpha value is -1.55. The summed E-state index contributed by atoms with van der Waals surface area (Å²) in [6.07, 6.45) is 2.68. The number of carbonyl (C=O) groups is 1. The second kappa shape index (κ2) is 6.06. The molecule has 0 saturated heterocycles. The van der Waals surface area contributed by atoms with Gasteiger partial charge in [-0.2, -0.15) is 0 Å².